The van der Waals surface area contributed by atoms with Crippen molar-refractivity contribution in [2.75, 3.05) is 12.4 Å². The lowest BCUT2D eigenvalue weighted by atomic mass is 10.0. The molecular formula is C13H16N4O2. The molecule has 2 heterocycles. The number of carbonyl (C=O) groups excluding carboxylic acids is 1. The van der Waals surface area contributed by atoms with Gasteiger partial charge in [-0.25, -0.2) is 14.8 Å². The first kappa shape index (κ1) is 13.2. The van der Waals surface area contributed by atoms with E-state index in [0.29, 0.717) is 17.0 Å². The summed E-state index contributed by atoms with van der Waals surface area (Å²) in [5.41, 5.74) is 1.26. The monoisotopic (exact) mass is 260 g/mol. The molecule has 0 saturated heterocycles. The highest BCUT2D eigenvalue weighted by Gasteiger charge is 2.23. The van der Waals surface area contributed by atoms with Gasteiger partial charge in [-0.1, -0.05) is 13.8 Å². The van der Waals surface area contributed by atoms with E-state index < -0.39 is 6.04 Å². The highest BCUT2D eigenvalue weighted by molar-refractivity contribution is 5.80. The van der Waals surface area contributed by atoms with Crippen LogP contribution < -0.4 is 5.32 Å². The first-order chi connectivity index (χ1) is 9.11. The van der Waals surface area contributed by atoms with Gasteiger partial charge >= 0.3 is 5.97 Å². The van der Waals surface area contributed by atoms with E-state index in [4.69, 9.17) is 4.74 Å². The van der Waals surface area contributed by atoms with Gasteiger partial charge < -0.3 is 10.1 Å². The molecule has 2 rings (SSSR count). The van der Waals surface area contributed by atoms with Gasteiger partial charge in [0, 0.05) is 12.4 Å². The van der Waals surface area contributed by atoms with Crippen molar-refractivity contribution in [1.29, 1.82) is 0 Å². The number of pyridine rings is 1. The molecule has 1 atom stereocenters. The lowest BCUT2D eigenvalue weighted by Crippen LogP contribution is -2.35. The van der Waals surface area contributed by atoms with Crippen LogP contribution in [0.2, 0.25) is 0 Å². The standard InChI is InChI=1S/C13H16N4O2/c1-8(2)11(13(18)19-3)16-10-5-4-9-12(17-10)15-7-6-14-9/h4-8,11H,1-3H3,(H,15,16,17). The minimum Gasteiger partial charge on any atom is -0.467 e. The van der Waals surface area contributed by atoms with Crippen LogP contribution in [0.1, 0.15) is 13.8 Å². The predicted octanol–water partition coefficient (Wildman–Crippen LogP) is 1.63. The van der Waals surface area contributed by atoms with Crippen LogP contribution in [0.3, 0.4) is 0 Å². The third-order valence-electron chi connectivity index (χ3n) is 2.76. The van der Waals surface area contributed by atoms with Crippen molar-refractivity contribution in [2.24, 2.45) is 5.92 Å². The number of nitrogens with zero attached hydrogens (tertiary/aromatic N) is 3. The number of anilines is 1. The molecule has 100 valence electrons. The second kappa shape index (κ2) is 5.60. The quantitative estimate of drug-likeness (QED) is 0.842. The molecule has 2 aromatic heterocycles. The molecule has 0 aliphatic heterocycles. The van der Waals surface area contributed by atoms with Crippen LogP contribution in [0.4, 0.5) is 5.82 Å². The maximum atomic E-state index is 11.7. The molecule has 0 radical (unpaired) electrons. The van der Waals surface area contributed by atoms with Crippen molar-refractivity contribution in [3.05, 3.63) is 24.5 Å². The minimum atomic E-state index is -0.438. The van der Waals surface area contributed by atoms with Crippen molar-refractivity contribution < 1.29 is 9.53 Å². The molecule has 0 aliphatic carbocycles. The summed E-state index contributed by atoms with van der Waals surface area (Å²) in [6.45, 7) is 3.88. The number of ether oxygens (including phenoxy) is 1. The van der Waals surface area contributed by atoms with Gasteiger partial charge in [-0.15, -0.1) is 0 Å². The summed E-state index contributed by atoms with van der Waals surface area (Å²) in [7, 11) is 1.37. The Morgan fingerprint density at radius 3 is 2.68 bits per heavy atom. The Balaban J connectivity index is 2.26. The van der Waals surface area contributed by atoms with Gasteiger partial charge in [-0.2, -0.15) is 0 Å². The zero-order valence-corrected chi connectivity index (χ0v) is 11.1. The van der Waals surface area contributed by atoms with Crippen molar-refractivity contribution >= 4 is 23.0 Å². The topological polar surface area (TPSA) is 77.0 Å². The first-order valence-electron chi connectivity index (χ1n) is 6.04. The smallest absolute Gasteiger partial charge is 0.328 e. The molecule has 0 spiro atoms. The molecule has 0 aliphatic rings. The van der Waals surface area contributed by atoms with Crippen molar-refractivity contribution in [3.8, 4) is 0 Å². The lowest BCUT2D eigenvalue weighted by molar-refractivity contribution is -0.142. The number of esters is 1. The molecule has 19 heavy (non-hydrogen) atoms. The molecule has 0 bridgehead atoms. The number of nitrogens with one attached hydrogen (secondary N) is 1. The molecule has 1 N–H and O–H groups in total. The van der Waals surface area contributed by atoms with Crippen molar-refractivity contribution in [3.63, 3.8) is 0 Å². The van der Waals surface area contributed by atoms with Gasteiger partial charge in [0.1, 0.15) is 17.4 Å². The SMILES string of the molecule is COC(=O)C(Nc1ccc2nccnc2n1)C(C)C. The van der Waals surface area contributed by atoms with Crippen LogP contribution in [-0.4, -0.2) is 34.1 Å². The summed E-state index contributed by atoms with van der Waals surface area (Å²) in [6, 6.07) is 3.15. The average Bonchev–Trinajstić information content (AvgIpc) is 2.43. The molecule has 2 aromatic rings. The fraction of sp³-hybridized carbons (Fsp3) is 0.385. The van der Waals surface area contributed by atoms with Crippen LogP contribution in [0, 0.1) is 5.92 Å². The van der Waals surface area contributed by atoms with E-state index in [1.807, 2.05) is 19.9 Å². The zero-order valence-electron chi connectivity index (χ0n) is 11.1. The maximum Gasteiger partial charge on any atom is 0.328 e. The molecule has 0 amide bonds. The van der Waals surface area contributed by atoms with Gasteiger partial charge in [-0.3, -0.25) is 4.98 Å². The third-order valence-corrected chi connectivity index (χ3v) is 2.76. The predicted molar refractivity (Wildman–Crippen MR) is 71.6 cm³/mol. The third kappa shape index (κ3) is 2.96. The summed E-state index contributed by atoms with van der Waals surface area (Å²) in [6.07, 6.45) is 3.20. The Morgan fingerprint density at radius 2 is 2.00 bits per heavy atom. The number of rotatable bonds is 4. The van der Waals surface area contributed by atoms with Gasteiger partial charge in [0.15, 0.2) is 5.65 Å². The van der Waals surface area contributed by atoms with Gasteiger partial charge in [0.2, 0.25) is 0 Å². The second-order valence-corrected chi connectivity index (χ2v) is 4.48. The van der Waals surface area contributed by atoms with Gasteiger partial charge in [0.05, 0.1) is 7.11 Å². The van der Waals surface area contributed by atoms with Crippen LogP contribution in [0.5, 0.6) is 0 Å². The molecular weight excluding hydrogens is 244 g/mol. The Hall–Kier alpha value is -2.24. The van der Waals surface area contributed by atoms with E-state index in [1.54, 1.807) is 18.5 Å². The zero-order chi connectivity index (χ0) is 13.8. The Kier molecular flexibility index (Phi) is 3.89. The van der Waals surface area contributed by atoms with E-state index in [2.05, 4.69) is 20.3 Å². The number of carbonyl (C=O) groups is 1. The largest absolute Gasteiger partial charge is 0.467 e. The molecule has 1 unspecified atom stereocenters. The highest BCUT2D eigenvalue weighted by Crippen LogP contribution is 2.14. The number of fused-ring (bicyclic) bond motifs is 1. The first-order valence-corrected chi connectivity index (χ1v) is 6.04. The van der Waals surface area contributed by atoms with Crippen LogP contribution >= 0.6 is 0 Å². The number of methoxy groups -OCH3 is 1. The maximum absolute atomic E-state index is 11.7. The summed E-state index contributed by atoms with van der Waals surface area (Å²) in [5.74, 6) is 0.361. The number of aromatic nitrogens is 3. The van der Waals surface area contributed by atoms with Crippen LogP contribution in [-0.2, 0) is 9.53 Å². The van der Waals surface area contributed by atoms with E-state index in [0.717, 1.165) is 0 Å². The lowest BCUT2D eigenvalue weighted by Gasteiger charge is -2.20. The van der Waals surface area contributed by atoms with Crippen molar-refractivity contribution in [2.45, 2.75) is 19.9 Å². The highest BCUT2D eigenvalue weighted by atomic mass is 16.5. The Morgan fingerprint density at radius 1 is 1.26 bits per heavy atom. The average molecular weight is 260 g/mol. The van der Waals surface area contributed by atoms with E-state index in [-0.39, 0.29) is 11.9 Å². The fourth-order valence-corrected chi connectivity index (χ4v) is 1.72. The second-order valence-electron chi connectivity index (χ2n) is 4.48. The minimum absolute atomic E-state index is 0.0896. The molecule has 0 aromatic carbocycles. The summed E-state index contributed by atoms with van der Waals surface area (Å²) in [5, 5.41) is 3.07. The number of hydrogen-bond donors (Lipinski definition) is 1. The summed E-state index contributed by atoms with van der Waals surface area (Å²) in [4.78, 5) is 24.3. The Labute approximate surface area is 111 Å². The normalized spacial score (nSPS) is 12.4. The van der Waals surface area contributed by atoms with Gasteiger partial charge in [-0.05, 0) is 18.1 Å². The van der Waals surface area contributed by atoms with E-state index in [1.165, 1.54) is 7.11 Å². The fourth-order valence-electron chi connectivity index (χ4n) is 1.72. The van der Waals surface area contributed by atoms with Crippen LogP contribution in [0.25, 0.3) is 11.2 Å². The van der Waals surface area contributed by atoms with E-state index >= 15 is 0 Å². The van der Waals surface area contributed by atoms with Crippen molar-refractivity contribution in [1.82, 2.24) is 15.0 Å². The molecule has 6 heteroatoms. The molecule has 6 nitrogen and oxygen atoms in total. The summed E-state index contributed by atoms with van der Waals surface area (Å²) < 4.78 is 4.78. The number of hydrogen-bond acceptors (Lipinski definition) is 6. The van der Waals surface area contributed by atoms with E-state index in [9.17, 15) is 4.79 Å². The van der Waals surface area contributed by atoms with Crippen LogP contribution in [0.15, 0.2) is 24.5 Å². The molecule has 0 saturated carbocycles. The van der Waals surface area contributed by atoms with Gasteiger partial charge in [0.25, 0.3) is 0 Å². The Bertz CT molecular complexity index is 586. The molecule has 0 fully saturated rings. The summed E-state index contributed by atoms with van der Waals surface area (Å²) >= 11 is 0.